The van der Waals surface area contributed by atoms with Crippen molar-refractivity contribution in [2.75, 3.05) is 7.11 Å². The average Bonchev–Trinajstić information content (AvgIpc) is 2.60. The van der Waals surface area contributed by atoms with Crippen molar-refractivity contribution >= 4 is 21.7 Å². The molecule has 0 unspecified atom stereocenters. The molecule has 0 aliphatic heterocycles. The molecule has 0 heterocycles. The van der Waals surface area contributed by atoms with Crippen LogP contribution in [0.2, 0.25) is 0 Å². The van der Waals surface area contributed by atoms with Gasteiger partial charge in [-0.3, -0.25) is 4.79 Å². The molecule has 6 nitrogen and oxygen atoms in total. The first kappa shape index (κ1) is 17.0. The Bertz CT molecular complexity index is 755. The molecular formula is C17H22N2O4S. The third-order valence-corrected chi connectivity index (χ3v) is 6.25. The Kier molecular flexibility index (Phi) is 4.62. The number of esters is 1. The van der Waals surface area contributed by atoms with E-state index in [4.69, 9.17) is 4.74 Å². The van der Waals surface area contributed by atoms with Gasteiger partial charge in [0.05, 0.1) is 17.9 Å². The van der Waals surface area contributed by atoms with E-state index in [0.717, 1.165) is 37.0 Å². The van der Waals surface area contributed by atoms with E-state index < -0.39 is 10.0 Å². The summed E-state index contributed by atoms with van der Waals surface area (Å²) in [6.07, 6.45) is 3.47. The Morgan fingerprint density at radius 2 is 1.96 bits per heavy atom. The summed E-state index contributed by atoms with van der Waals surface area (Å²) < 4.78 is 29.6. The molecule has 0 amide bonds. The minimum atomic E-state index is -3.69. The fourth-order valence-electron chi connectivity index (χ4n) is 3.72. The summed E-state index contributed by atoms with van der Waals surface area (Å²) in [7, 11) is -2.30. The van der Waals surface area contributed by atoms with Crippen LogP contribution in [0.1, 0.15) is 31.2 Å². The predicted octanol–water partition coefficient (Wildman–Crippen LogP) is 2.24. The van der Waals surface area contributed by atoms with Crippen LogP contribution in [0.5, 0.6) is 0 Å². The molecule has 130 valence electrons. The first-order valence-corrected chi connectivity index (χ1v) is 9.62. The van der Waals surface area contributed by atoms with Crippen molar-refractivity contribution in [3.05, 3.63) is 29.8 Å². The minimum absolute atomic E-state index is 0.0248. The number of benzene rings is 1. The number of nitrogens with one attached hydrogen (secondary N) is 1. The molecule has 0 radical (unpaired) electrons. The van der Waals surface area contributed by atoms with Crippen LogP contribution in [-0.2, 0) is 19.6 Å². The summed E-state index contributed by atoms with van der Waals surface area (Å²) in [6.45, 7) is 1.90. The number of hydrogen-bond donors (Lipinski definition) is 1. The van der Waals surface area contributed by atoms with Crippen molar-refractivity contribution < 1.29 is 17.9 Å². The summed E-state index contributed by atoms with van der Waals surface area (Å²) in [5.41, 5.74) is 1.76. The van der Waals surface area contributed by atoms with E-state index >= 15 is 0 Å². The maximum Gasteiger partial charge on any atom is 0.309 e. The number of rotatable bonds is 4. The van der Waals surface area contributed by atoms with Crippen LogP contribution in [0.15, 0.2) is 34.3 Å². The van der Waals surface area contributed by atoms with Gasteiger partial charge in [-0.1, -0.05) is 17.7 Å². The van der Waals surface area contributed by atoms with Gasteiger partial charge in [0.1, 0.15) is 0 Å². The second-order valence-electron chi connectivity index (χ2n) is 6.63. The van der Waals surface area contributed by atoms with Crippen LogP contribution in [0, 0.1) is 24.7 Å². The van der Waals surface area contributed by atoms with E-state index in [9.17, 15) is 13.2 Å². The van der Waals surface area contributed by atoms with Gasteiger partial charge in [0.2, 0.25) is 0 Å². The molecule has 3 fully saturated rings. The number of sulfonamides is 1. The van der Waals surface area contributed by atoms with Gasteiger partial charge in [-0.05, 0) is 50.7 Å². The summed E-state index contributed by atoms with van der Waals surface area (Å²) in [5, 5.41) is 4.17. The van der Waals surface area contributed by atoms with Crippen LogP contribution in [0.3, 0.4) is 0 Å². The molecule has 3 aliphatic carbocycles. The Hall–Kier alpha value is -1.89. The van der Waals surface area contributed by atoms with E-state index in [-0.39, 0.29) is 22.7 Å². The SMILES string of the molecule is COC(=O)[C@H]1C[C@H]2CC[C@@H]1/C(=N/NS(=O)(=O)c1ccc(C)cc1)C2. The molecule has 24 heavy (non-hydrogen) atoms. The largest absolute Gasteiger partial charge is 0.469 e. The van der Waals surface area contributed by atoms with Gasteiger partial charge in [-0.15, -0.1) is 0 Å². The number of fused-ring (bicyclic) bond motifs is 3. The first-order valence-electron chi connectivity index (χ1n) is 8.13. The molecule has 7 heteroatoms. The molecule has 1 aromatic carbocycles. The van der Waals surface area contributed by atoms with Crippen LogP contribution >= 0.6 is 0 Å². The number of hydrazone groups is 1. The number of carbonyl (C=O) groups excluding carboxylic acids is 1. The molecule has 1 N–H and O–H groups in total. The topological polar surface area (TPSA) is 84.8 Å². The number of nitrogens with zero attached hydrogens (tertiary/aromatic N) is 1. The summed E-state index contributed by atoms with van der Waals surface area (Å²) in [4.78, 5) is 14.5. The Morgan fingerprint density at radius 3 is 2.58 bits per heavy atom. The number of ether oxygens (including phenoxy) is 1. The van der Waals surface area contributed by atoms with Crippen molar-refractivity contribution in [3.8, 4) is 0 Å². The lowest BCUT2D eigenvalue weighted by Crippen LogP contribution is -2.43. The molecule has 0 saturated heterocycles. The van der Waals surface area contributed by atoms with Gasteiger partial charge in [-0.25, -0.2) is 4.83 Å². The van der Waals surface area contributed by atoms with E-state index in [1.165, 1.54) is 7.11 Å². The standard InChI is InChI=1S/C17H22N2O4S/c1-11-3-6-13(7-4-11)24(21,22)19-18-16-10-12-5-8-14(16)15(9-12)17(20)23-2/h3-4,6-7,12,14-15,19H,5,8-10H2,1-2H3/b18-16+/t12-,14+,15+/m1/s1. The average molecular weight is 350 g/mol. The lowest BCUT2D eigenvalue weighted by atomic mass is 9.63. The molecule has 3 saturated carbocycles. The maximum atomic E-state index is 12.4. The van der Waals surface area contributed by atoms with Crippen molar-refractivity contribution in [3.63, 3.8) is 0 Å². The lowest BCUT2D eigenvalue weighted by Gasteiger charge is -2.41. The van der Waals surface area contributed by atoms with E-state index in [0.29, 0.717) is 5.92 Å². The van der Waals surface area contributed by atoms with Gasteiger partial charge in [0.25, 0.3) is 10.0 Å². The number of methoxy groups -OCH3 is 1. The summed E-state index contributed by atoms with van der Waals surface area (Å²) in [6, 6.07) is 6.61. The third kappa shape index (κ3) is 3.31. The van der Waals surface area contributed by atoms with Crippen LogP contribution in [-0.4, -0.2) is 27.2 Å². The third-order valence-electron chi connectivity index (χ3n) is 5.03. The van der Waals surface area contributed by atoms with Gasteiger partial charge < -0.3 is 4.74 Å². The van der Waals surface area contributed by atoms with Crippen molar-refractivity contribution in [1.82, 2.24) is 4.83 Å². The second kappa shape index (κ2) is 6.55. The highest BCUT2D eigenvalue weighted by atomic mass is 32.2. The second-order valence-corrected chi connectivity index (χ2v) is 8.29. The van der Waals surface area contributed by atoms with Gasteiger partial charge >= 0.3 is 5.97 Å². The zero-order chi connectivity index (χ0) is 17.3. The highest BCUT2D eigenvalue weighted by Gasteiger charge is 2.44. The molecule has 2 bridgehead atoms. The number of carbonyl (C=O) groups is 1. The summed E-state index contributed by atoms with van der Waals surface area (Å²) in [5.74, 6) is -0.0754. The van der Waals surface area contributed by atoms with E-state index in [1.54, 1.807) is 24.3 Å². The maximum absolute atomic E-state index is 12.4. The zero-order valence-electron chi connectivity index (χ0n) is 13.9. The molecule has 4 rings (SSSR count). The quantitative estimate of drug-likeness (QED) is 0.667. The Morgan fingerprint density at radius 1 is 1.25 bits per heavy atom. The van der Waals surface area contributed by atoms with Crippen LogP contribution in [0.25, 0.3) is 0 Å². The van der Waals surface area contributed by atoms with Gasteiger partial charge in [0, 0.05) is 11.6 Å². The van der Waals surface area contributed by atoms with Crippen LogP contribution in [0.4, 0.5) is 0 Å². The fraction of sp³-hybridized carbons (Fsp3) is 0.529. The summed E-state index contributed by atoms with van der Waals surface area (Å²) >= 11 is 0. The predicted molar refractivity (Wildman–Crippen MR) is 89.9 cm³/mol. The van der Waals surface area contributed by atoms with Crippen molar-refractivity contribution in [1.29, 1.82) is 0 Å². The highest BCUT2D eigenvalue weighted by molar-refractivity contribution is 7.89. The van der Waals surface area contributed by atoms with Crippen molar-refractivity contribution in [2.45, 2.75) is 37.5 Å². The number of aryl methyl sites for hydroxylation is 1. The fourth-order valence-corrected chi connectivity index (χ4v) is 4.56. The van der Waals surface area contributed by atoms with E-state index in [1.807, 2.05) is 6.92 Å². The zero-order valence-corrected chi connectivity index (χ0v) is 14.7. The molecule has 0 aromatic heterocycles. The molecule has 0 spiro atoms. The molecule has 3 atom stereocenters. The lowest BCUT2D eigenvalue weighted by molar-refractivity contribution is -0.148. The number of hydrogen-bond acceptors (Lipinski definition) is 5. The van der Waals surface area contributed by atoms with E-state index in [2.05, 4.69) is 9.93 Å². The van der Waals surface area contributed by atoms with Crippen molar-refractivity contribution in [2.24, 2.45) is 22.9 Å². The Balaban J connectivity index is 1.78. The minimum Gasteiger partial charge on any atom is -0.469 e. The van der Waals surface area contributed by atoms with Gasteiger partial charge in [0.15, 0.2) is 0 Å². The van der Waals surface area contributed by atoms with Gasteiger partial charge in [-0.2, -0.15) is 13.5 Å². The van der Waals surface area contributed by atoms with Crippen LogP contribution < -0.4 is 4.83 Å². The molecule has 1 aromatic rings. The highest BCUT2D eigenvalue weighted by Crippen LogP contribution is 2.43. The monoisotopic (exact) mass is 350 g/mol. The first-order chi connectivity index (χ1) is 11.4. The smallest absolute Gasteiger partial charge is 0.309 e. The molecule has 3 aliphatic rings. The Labute approximate surface area is 142 Å². The molecular weight excluding hydrogens is 328 g/mol. The normalized spacial score (nSPS) is 27.9.